The molecule has 0 aliphatic carbocycles. The molecular weight excluding hydrogens is 390 g/mol. The highest BCUT2D eigenvalue weighted by Crippen LogP contribution is 2.38. The Labute approximate surface area is 160 Å². The molecular formula is C20H11F4N3O2. The largest absolute Gasteiger partial charge is 0.478 e. The Bertz CT molecular complexity index is 1260. The van der Waals surface area contributed by atoms with E-state index in [9.17, 15) is 27.5 Å². The zero-order valence-corrected chi connectivity index (χ0v) is 14.8. The number of halogens is 4. The summed E-state index contributed by atoms with van der Waals surface area (Å²) < 4.78 is 60.3. The second kappa shape index (κ2) is 6.69. The molecule has 29 heavy (non-hydrogen) atoms. The van der Waals surface area contributed by atoms with E-state index in [4.69, 9.17) is 0 Å². The van der Waals surface area contributed by atoms with Crippen molar-refractivity contribution in [3.05, 3.63) is 71.3 Å². The van der Waals surface area contributed by atoms with Crippen molar-refractivity contribution in [3.8, 4) is 22.3 Å². The number of carboxylic acids is 1. The van der Waals surface area contributed by atoms with Gasteiger partial charge in [-0.05, 0) is 23.3 Å². The molecule has 0 unspecified atom stereocenters. The normalized spacial score (nSPS) is 11.2. The molecule has 0 bridgehead atoms. The summed E-state index contributed by atoms with van der Waals surface area (Å²) in [6.07, 6.45) is 0. The summed E-state index contributed by atoms with van der Waals surface area (Å²) in [4.78, 5) is 11.6. The number of nitrogens with zero attached hydrogens (tertiary/aromatic N) is 3. The lowest BCUT2D eigenvalue weighted by atomic mass is 9.95. The van der Waals surface area contributed by atoms with Crippen LogP contribution in [0.15, 0.2) is 42.5 Å². The minimum Gasteiger partial charge on any atom is -0.478 e. The quantitative estimate of drug-likeness (QED) is 0.404. The number of aromatic nitrogens is 3. The van der Waals surface area contributed by atoms with Crippen LogP contribution in [0.3, 0.4) is 0 Å². The van der Waals surface area contributed by atoms with Crippen LogP contribution in [0.1, 0.15) is 10.4 Å². The van der Waals surface area contributed by atoms with E-state index in [-0.39, 0.29) is 27.7 Å². The average molecular weight is 401 g/mol. The topological polar surface area (TPSA) is 68.0 Å². The molecule has 0 amide bonds. The molecule has 0 spiro atoms. The van der Waals surface area contributed by atoms with E-state index in [1.165, 1.54) is 36.0 Å². The highest BCUT2D eigenvalue weighted by Gasteiger charge is 2.28. The number of aryl methyl sites for hydroxylation is 1. The lowest BCUT2D eigenvalue weighted by Gasteiger charge is -2.13. The van der Waals surface area contributed by atoms with Crippen LogP contribution in [0.2, 0.25) is 0 Å². The number of fused-ring (bicyclic) bond motifs is 1. The number of carboxylic acid groups (broad SMARTS) is 1. The molecule has 5 nitrogen and oxygen atoms in total. The number of hydrogen-bond acceptors (Lipinski definition) is 3. The predicted molar refractivity (Wildman–Crippen MR) is 96.2 cm³/mol. The lowest BCUT2D eigenvalue weighted by Crippen LogP contribution is -2.06. The van der Waals surface area contributed by atoms with Crippen LogP contribution in [0, 0.1) is 23.3 Å². The van der Waals surface area contributed by atoms with Crippen molar-refractivity contribution in [1.29, 1.82) is 0 Å². The molecule has 9 heteroatoms. The third kappa shape index (κ3) is 2.82. The van der Waals surface area contributed by atoms with Gasteiger partial charge in [-0.2, -0.15) is 0 Å². The fourth-order valence-corrected chi connectivity index (χ4v) is 3.25. The SMILES string of the molecule is Cn1nnc2cc(-c3c(F)c(F)c(-c4ccccc4)c(F)c3F)cc(C(=O)O)c21. The Morgan fingerprint density at radius 1 is 0.897 bits per heavy atom. The summed E-state index contributed by atoms with van der Waals surface area (Å²) >= 11 is 0. The van der Waals surface area contributed by atoms with E-state index in [1.54, 1.807) is 6.07 Å². The van der Waals surface area contributed by atoms with Crippen molar-refractivity contribution in [2.45, 2.75) is 0 Å². The molecule has 4 aromatic rings. The molecule has 0 fully saturated rings. The fourth-order valence-electron chi connectivity index (χ4n) is 3.25. The molecule has 3 aromatic carbocycles. The molecule has 1 aromatic heterocycles. The first kappa shape index (κ1) is 18.6. The monoisotopic (exact) mass is 401 g/mol. The van der Waals surface area contributed by atoms with Crippen LogP contribution in [0.4, 0.5) is 17.6 Å². The number of rotatable bonds is 3. The van der Waals surface area contributed by atoms with Gasteiger partial charge in [0.05, 0.1) is 16.7 Å². The summed E-state index contributed by atoms with van der Waals surface area (Å²) in [5, 5.41) is 16.8. The maximum absolute atomic E-state index is 14.8. The summed E-state index contributed by atoms with van der Waals surface area (Å²) in [6, 6.07) is 9.21. The first-order chi connectivity index (χ1) is 13.8. The van der Waals surface area contributed by atoms with Crippen molar-refractivity contribution in [2.24, 2.45) is 7.05 Å². The van der Waals surface area contributed by atoms with Gasteiger partial charge in [-0.15, -0.1) is 5.10 Å². The third-order valence-corrected chi connectivity index (χ3v) is 4.54. The summed E-state index contributed by atoms with van der Waals surface area (Å²) in [5.74, 6) is -7.85. The van der Waals surface area contributed by atoms with E-state index in [1.807, 2.05) is 0 Å². The minimum absolute atomic E-state index is 0.00847. The van der Waals surface area contributed by atoms with Crippen molar-refractivity contribution < 1.29 is 27.5 Å². The second-order valence-electron chi connectivity index (χ2n) is 6.28. The predicted octanol–water partition coefficient (Wildman–Crippen LogP) is 4.56. The van der Waals surface area contributed by atoms with Crippen molar-refractivity contribution >= 4 is 17.0 Å². The van der Waals surface area contributed by atoms with Crippen LogP contribution in [0.5, 0.6) is 0 Å². The van der Waals surface area contributed by atoms with Gasteiger partial charge < -0.3 is 5.11 Å². The Morgan fingerprint density at radius 2 is 1.45 bits per heavy atom. The van der Waals surface area contributed by atoms with E-state index in [2.05, 4.69) is 10.3 Å². The molecule has 0 aliphatic heterocycles. The lowest BCUT2D eigenvalue weighted by molar-refractivity contribution is 0.0698. The van der Waals surface area contributed by atoms with Gasteiger partial charge in [0.25, 0.3) is 0 Å². The Kier molecular flexibility index (Phi) is 4.30. The molecule has 0 atom stereocenters. The molecule has 0 saturated carbocycles. The first-order valence-electron chi connectivity index (χ1n) is 8.29. The minimum atomic E-state index is -1.64. The molecule has 0 aliphatic rings. The maximum Gasteiger partial charge on any atom is 0.337 e. The summed E-state index contributed by atoms with van der Waals surface area (Å²) in [7, 11) is 1.44. The van der Waals surface area contributed by atoms with Crippen LogP contribution < -0.4 is 0 Å². The van der Waals surface area contributed by atoms with Crippen molar-refractivity contribution in [1.82, 2.24) is 15.0 Å². The molecule has 0 radical (unpaired) electrons. The van der Waals surface area contributed by atoms with E-state index < -0.39 is 40.4 Å². The molecule has 0 saturated heterocycles. The van der Waals surface area contributed by atoms with Crippen molar-refractivity contribution in [2.75, 3.05) is 0 Å². The van der Waals surface area contributed by atoms with Crippen LogP contribution in [-0.2, 0) is 7.05 Å². The van der Waals surface area contributed by atoms with Gasteiger partial charge in [-0.3, -0.25) is 0 Å². The molecule has 1 N–H and O–H groups in total. The highest BCUT2D eigenvalue weighted by molar-refractivity contribution is 6.03. The van der Waals surface area contributed by atoms with Gasteiger partial charge in [0.15, 0.2) is 23.3 Å². The Hall–Kier alpha value is -3.75. The van der Waals surface area contributed by atoms with Gasteiger partial charge in [-0.25, -0.2) is 27.0 Å². The molecule has 4 rings (SSSR count). The standard InChI is InChI=1S/C20H11F4N3O2/c1-27-19-11(20(28)29)7-10(8-12(19)25-26-27)14-17(23)15(21)13(16(22)18(14)24)9-5-3-2-4-6-9/h2-8H,1H3,(H,28,29). The van der Waals surface area contributed by atoms with Crippen LogP contribution in [0.25, 0.3) is 33.3 Å². The summed E-state index contributed by atoms with van der Waals surface area (Å²) in [5.41, 5.74) is -2.53. The highest BCUT2D eigenvalue weighted by atomic mass is 19.2. The van der Waals surface area contributed by atoms with E-state index >= 15 is 0 Å². The maximum atomic E-state index is 14.8. The Morgan fingerprint density at radius 3 is 2.00 bits per heavy atom. The van der Waals surface area contributed by atoms with Gasteiger partial charge in [0, 0.05) is 7.05 Å². The number of hydrogen-bond donors (Lipinski definition) is 1. The smallest absolute Gasteiger partial charge is 0.337 e. The molecule has 1 heterocycles. The number of aromatic carboxylic acids is 1. The number of benzene rings is 3. The van der Waals surface area contributed by atoms with Crippen LogP contribution in [-0.4, -0.2) is 26.1 Å². The van der Waals surface area contributed by atoms with Gasteiger partial charge in [-0.1, -0.05) is 35.5 Å². The van der Waals surface area contributed by atoms with Gasteiger partial charge in [0.2, 0.25) is 0 Å². The van der Waals surface area contributed by atoms with Crippen LogP contribution >= 0.6 is 0 Å². The summed E-state index contributed by atoms with van der Waals surface area (Å²) in [6.45, 7) is 0. The Balaban J connectivity index is 2.03. The van der Waals surface area contributed by atoms with E-state index in [0.717, 1.165) is 12.1 Å². The van der Waals surface area contributed by atoms with E-state index in [0.29, 0.717) is 0 Å². The average Bonchev–Trinajstić information content (AvgIpc) is 3.08. The molecule has 146 valence electrons. The zero-order chi connectivity index (χ0) is 20.9. The van der Waals surface area contributed by atoms with Crippen molar-refractivity contribution in [3.63, 3.8) is 0 Å². The third-order valence-electron chi connectivity index (χ3n) is 4.54. The van der Waals surface area contributed by atoms with Gasteiger partial charge in [0.1, 0.15) is 11.0 Å². The second-order valence-corrected chi connectivity index (χ2v) is 6.28. The fraction of sp³-hybridized carbons (Fsp3) is 0.0500. The first-order valence-corrected chi connectivity index (χ1v) is 8.29. The zero-order valence-electron chi connectivity index (χ0n) is 14.8. The van der Waals surface area contributed by atoms with Gasteiger partial charge >= 0.3 is 5.97 Å². The number of carbonyl (C=O) groups is 1.